The van der Waals surface area contributed by atoms with Crippen molar-refractivity contribution in [1.82, 2.24) is 5.32 Å². The maximum atomic E-state index is 11.2. The Morgan fingerprint density at radius 1 is 1.44 bits per heavy atom. The summed E-state index contributed by atoms with van der Waals surface area (Å²) in [5, 5.41) is 12.7. The third-order valence-corrected chi connectivity index (χ3v) is 4.62. The SMILES string of the molecule is CCOC(=O)CC(O)CNC1CCS(=O)(=O)CC1. The van der Waals surface area contributed by atoms with E-state index >= 15 is 0 Å². The van der Waals surface area contributed by atoms with Crippen LogP contribution < -0.4 is 5.32 Å². The number of sulfone groups is 1. The minimum atomic E-state index is -2.86. The molecule has 7 heteroatoms. The van der Waals surface area contributed by atoms with Crippen LogP contribution in [0.1, 0.15) is 26.2 Å². The van der Waals surface area contributed by atoms with Crippen molar-refractivity contribution in [3.63, 3.8) is 0 Å². The Labute approximate surface area is 108 Å². The zero-order chi connectivity index (χ0) is 13.6. The van der Waals surface area contributed by atoms with E-state index in [0.717, 1.165) is 0 Å². The van der Waals surface area contributed by atoms with E-state index in [1.54, 1.807) is 6.92 Å². The molecule has 1 fully saturated rings. The normalized spacial score (nSPS) is 21.4. The molecule has 106 valence electrons. The first-order valence-electron chi connectivity index (χ1n) is 6.20. The lowest BCUT2D eigenvalue weighted by atomic mass is 10.1. The van der Waals surface area contributed by atoms with Crippen LogP contribution in [-0.4, -0.2) is 56.3 Å². The molecular weight excluding hydrogens is 258 g/mol. The molecule has 2 N–H and O–H groups in total. The largest absolute Gasteiger partial charge is 0.466 e. The number of hydrogen-bond donors (Lipinski definition) is 2. The number of aliphatic hydroxyl groups excluding tert-OH is 1. The molecule has 0 aromatic carbocycles. The smallest absolute Gasteiger partial charge is 0.308 e. The summed E-state index contributed by atoms with van der Waals surface area (Å²) in [6, 6.07) is 0.102. The summed E-state index contributed by atoms with van der Waals surface area (Å²) in [4.78, 5) is 11.1. The van der Waals surface area contributed by atoms with Crippen LogP contribution in [0.25, 0.3) is 0 Å². The summed E-state index contributed by atoms with van der Waals surface area (Å²) in [5.41, 5.74) is 0. The highest BCUT2D eigenvalue weighted by Gasteiger charge is 2.23. The Morgan fingerprint density at radius 3 is 2.61 bits per heavy atom. The van der Waals surface area contributed by atoms with Crippen molar-refractivity contribution < 1.29 is 23.1 Å². The first kappa shape index (κ1) is 15.4. The van der Waals surface area contributed by atoms with Gasteiger partial charge in [0, 0.05) is 12.6 Å². The predicted octanol–water partition coefficient (Wildman–Crippen LogP) is -0.533. The summed E-state index contributed by atoms with van der Waals surface area (Å²) in [5.74, 6) is -0.0323. The highest BCUT2D eigenvalue weighted by Crippen LogP contribution is 2.12. The van der Waals surface area contributed by atoms with Gasteiger partial charge < -0.3 is 15.2 Å². The van der Waals surface area contributed by atoms with Gasteiger partial charge >= 0.3 is 5.97 Å². The number of rotatable bonds is 6. The molecular formula is C11H21NO5S. The molecule has 0 bridgehead atoms. The van der Waals surface area contributed by atoms with Crippen LogP contribution in [0.3, 0.4) is 0 Å². The van der Waals surface area contributed by atoms with Crippen LogP contribution >= 0.6 is 0 Å². The van der Waals surface area contributed by atoms with E-state index in [9.17, 15) is 18.3 Å². The Kier molecular flexibility index (Phi) is 6.04. The molecule has 0 radical (unpaired) electrons. The van der Waals surface area contributed by atoms with Crippen molar-refractivity contribution in [3.05, 3.63) is 0 Å². The topological polar surface area (TPSA) is 92.7 Å². The van der Waals surface area contributed by atoms with Gasteiger partial charge in [0.2, 0.25) is 0 Å². The second-order valence-corrected chi connectivity index (χ2v) is 6.80. The second-order valence-electron chi connectivity index (χ2n) is 4.50. The minimum absolute atomic E-state index is 0.0359. The highest BCUT2D eigenvalue weighted by molar-refractivity contribution is 7.91. The van der Waals surface area contributed by atoms with Gasteiger partial charge in [-0.25, -0.2) is 8.42 Å². The summed E-state index contributed by atoms with van der Waals surface area (Å²) < 4.78 is 27.2. The van der Waals surface area contributed by atoms with Crippen molar-refractivity contribution in [2.75, 3.05) is 24.7 Å². The number of esters is 1. The summed E-state index contributed by atoms with van der Waals surface area (Å²) in [6.45, 7) is 2.30. The van der Waals surface area contributed by atoms with E-state index in [4.69, 9.17) is 4.74 Å². The summed E-state index contributed by atoms with van der Waals surface area (Å²) in [7, 11) is -2.86. The first-order chi connectivity index (χ1) is 8.43. The van der Waals surface area contributed by atoms with E-state index < -0.39 is 21.9 Å². The van der Waals surface area contributed by atoms with Gasteiger partial charge in [0.15, 0.2) is 0 Å². The zero-order valence-corrected chi connectivity index (χ0v) is 11.4. The average Bonchev–Trinajstić information content (AvgIpc) is 2.28. The zero-order valence-electron chi connectivity index (χ0n) is 10.6. The Balaban J connectivity index is 2.19. The molecule has 1 aliphatic heterocycles. The molecule has 18 heavy (non-hydrogen) atoms. The van der Waals surface area contributed by atoms with Gasteiger partial charge in [0.1, 0.15) is 9.84 Å². The number of hydrogen-bond acceptors (Lipinski definition) is 6. The van der Waals surface area contributed by atoms with E-state index in [-0.39, 0.29) is 30.5 Å². The lowest BCUT2D eigenvalue weighted by molar-refractivity contribution is -0.145. The average molecular weight is 279 g/mol. The minimum Gasteiger partial charge on any atom is -0.466 e. The van der Waals surface area contributed by atoms with Crippen molar-refractivity contribution >= 4 is 15.8 Å². The summed E-state index contributed by atoms with van der Waals surface area (Å²) in [6.07, 6.45) is 0.303. The van der Waals surface area contributed by atoms with Crippen molar-refractivity contribution in [2.24, 2.45) is 0 Å². The van der Waals surface area contributed by atoms with Crippen LogP contribution in [0, 0.1) is 0 Å². The van der Waals surface area contributed by atoms with Gasteiger partial charge in [-0.15, -0.1) is 0 Å². The fourth-order valence-electron chi connectivity index (χ4n) is 1.88. The van der Waals surface area contributed by atoms with Crippen LogP contribution in [0.15, 0.2) is 0 Å². The van der Waals surface area contributed by atoms with Gasteiger partial charge in [-0.05, 0) is 19.8 Å². The maximum Gasteiger partial charge on any atom is 0.308 e. The Hall–Kier alpha value is -0.660. The monoisotopic (exact) mass is 279 g/mol. The molecule has 1 atom stereocenters. The lowest BCUT2D eigenvalue weighted by Crippen LogP contribution is -2.41. The molecule has 6 nitrogen and oxygen atoms in total. The van der Waals surface area contributed by atoms with Crippen LogP contribution in [0.4, 0.5) is 0 Å². The quantitative estimate of drug-likeness (QED) is 0.635. The molecule has 1 aliphatic rings. The number of aliphatic hydroxyl groups is 1. The first-order valence-corrected chi connectivity index (χ1v) is 8.02. The van der Waals surface area contributed by atoms with E-state index in [0.29, 0.717) is 19.4 Å². The molecule has 1 saturated heterocycles. The molecule has 0 aromatic rings. The number of carbonyl (C=O) groups is 1. The van der Waals surface area contributed by atoms with Crippen molar-refractivity contribution in [3.8, 4) is 0 Å². The number of ether oxygens (including phenoxy) is 1. The molecule has 0 amide bonds. The standard InChI is InChI=1S/C11H21NO5S/c1-2-17-11(14)7-10(13)8-12-9-3-5-18(15,16)6-4-9/h9-10,12-13H,2-8H2,1H3. The number of carbonyl (C=O) groups excluding carboxylic acids is 1. The third kappa shape index (κ3) is 5.79. The van der Waals surface area contributed by atoms with Crippen LogP contribution in [0.5, 0.6) is 0 Å². The maximum absolute atomic E-state index is 11.2. The highest BCUT2D eigenvalue weighted by atomic mass is 32.2. The van der Waals surface area contributed by atoms with Gasteiger partial charge in [0.25, 0.3) is 0 Å². The van der Waals surface area contributed by atoms with Crippen LogP contribution in [0.2, 0.25) is 0 Å². The van der Waals surface area contributed by atoms with Gasteiger partial charge in [-0.2, -0.15) is 0 Å². The van der Waals surface area contributed by atoms with Crippen LogP contribution in [-0.2, 0) is 19.4 Å². The molecule has 1 heterocycles. The molecule has 1 rings (SSSR count). The second kappa shape index (κ2) is 7.06. The third-order valence-electron chi connectivity index (χ3n) is 2.90. The van der Waals surface area contributed by atoms with E-state index in [1.165, 1.54) is 0 Å². The number of nitrogens with one attached hydrogen (secondary N) is 1. The Bertz CT molecular complexity index is 354. The van der Waals surface area contributed by atoms with Gasteiger partial charge in [0.05, 0.1) is 30.6 Å². The van der Waals surface area contributed by atoms with Crippen molar-refractivity contribution in [1.29, 1.82) is 0 Å². The molecule has 0 saturated carbocycles. The lowest BCUT2D eigenvalue weighted by Gasteiger charge is -2.24. The summed E-state index contributed by atoms with van der Waals surface area (Å²) >= 11 is 0. The molecule has 0 spiro atoms. The fraction of sp³-hybridized carbons (Fsp3) is 0.909. The van der Waals surface area contributed by atoms with Gasteiger partial charge in [-0.1, -0.05) is 0 Å². The molecule has 0 aliphatic carbocycles. The molecule has 0 aromatic heterocycles. The van der Waals surface area contributed by atoms with E-state index in [1.807, 2.05) is 0 Å². The van der Waals surface area contributed by atoms with E-state index in [2.05, 4.69) is 5.32 Å². The fourth-order valence-corrected chi connectivity index (χ4v) is 3.37. The van der Waals surface area contributed by atoms with Gasteiger partial charge in [-0.3, -0.25) is 4.79 Å². The molecule has 1 unspecified atom stereocenters. The Morgan fingerprint density at radius 2 is 2.06 bits per heavy atom. The predicted molar refractivity (Wildman–Crippen MR) is 66.9 cm³/mol. The van der Waals surface area contributed by atoms with Crippen molar-refractivity contribution in [2.45, 2.75) is 38.3 Å².